The second-order valence-corrected chi connectivity index (χ2v) is 5.69. The van der Waals surface area contributed by atoms with Crippen molar-refractivity contribution >= 4 is 6.03 Å². The third-order valence-corrected chi connectivity index (χ3v) is 3.85. The van der Waals surface area contributed by atoms with Crippen LogP contribution in [0.5, 0.6) is 0 Å². The monoisotopic (exact) mass is 287 g/mol. The van der Waals surface area contributed by atoms with E-state index in [-0.39, 0.29) is 12.1 Å². The van der Waals surface area contributed by atoms with E-state index < -0.39 is 6.10 Å². The van der Waals surface area contributed by atoms with Gasteiger partial charge >= 0.3 is 6.03 Å². The number of benzene rings is 1. The Morgan fingerprint density at radius 2 is 2.10 bits per heavy atom. The Morgan fingerprint density at radius 3 is 2.62 bits per heavy atom. The summed E-state index contributed by atoms with van der Waals surface area (Å²) in [4.78, 5) is 13.6. The van der Waals surface area contributed by atoms with Crippen LogP contribution in [0.4, 0.5) is 4.79 Å². The highest BCUT2D eigenvalue weighted by Crippen LogP contribution is 2.32. The fourth-order valence-electron chi connectivity index (χ4n) is 2.22. The van der Waals surface area contributed by atoms with Crippen LogP contribution in [0.2, 0.25) is 0 Å². The predicted octanol–water partition coefficient (Wildman–Crippen LogP) is 2.03. The average molecular weight is 287 g/mol. The molecule has 2 unspecified atom stereocenters. The molecule has 1 aromatic carbocycles. The van der Waals surface area contributed by atoms with Crippen molar-refractivity contribution in [3.8, 4) is 6.07 Å². The van der Waals surface area contributed by atoms with E-state index in [9.17, 15) is 9.90 Å². The van der Waals surface area contributed by atoms with Crippen molar-refractivity contribution < 1.29 is 9.90 Å². The highest BCUT2D eigenvalue weighted by atomic mass is 16.3. The maximum absolute atomic E-state index is 12.1. The first kappa shape index (κ1) is 15.3. The molecule has 5 heteroatoms. The Balaban J connectivity index is 1.86. The molecule has 5 nitrogen and oxygen atoms in total. The quantitative estimate of drug-likeness (QED) is 0.870. The van der Waals surface area contributed by atoms with Crippen molar-refractivity contribution in [1.82, 2.24) is 10.2 Å². The van der Waals surface area contributed by atoms with Gasteiger partial charge in [0.15, 0.2) is 0 Å². The maximum Gasteiger partial charge on any atom is 0.317 e. The van der Waals surface area contributed by atoms with Crippen molar-refractivity contribution in [1.29, 1.82) is 5.26 Å². The number of carbonyl (C=O) groups is 1. The summed E-state index contributed by atoms with van der Waals surface area (Å²) in [6.45, 7) is 2.25. The minimum Gasteiger partial charge on any atom is -0.391 e. The largest absolute Gasteiger partial charge is 0.391 e. The molecule has 2 N–H and O–H groups in total. The van der Waals surface area contributed by atoms with Gasteiger partial charge < -0.3 is 15.3 Å². The lowest BCUT2D eigenvalue weighted by atomic mass is 10.1. The van der Waals surface area contributed by atoms with E-state index in [1.54, 1.807) is 19.2 Å². The second kappa shape index (κ2) is 6.59. The highest BCUT2D eigenvalue weighted by Gasteiger charge is 2.31. The Kier molecular flexibility index (Phi) is 4.81. The van der Waals surface area contributed by atoms with Crippen LogP contribution in [-0.2, 0) is 0 Å². The average Bonchev–Trinajstić information content (AvgIpc) is 3.31. The van der Waals surface area contributed by atoms with Gasteiger partial charge in [-0.2, -0.15) is 5.26 Å². The Hall–Kier alpha value is -2.06. The van der Waals surface area contributed by atoms with Crippen LogP contribution >= 0.6 is 0 Å². The van der Waals surface area contributed by atoms with Crippen LogP contribution in [-0.4, -0.2) is 35.7 Å². The maximum atomic E-state index is 12.1. The van der Waals surface area contributed by atoms with Crippen molar-refractivity contribution in [3.63, 3.8) is 0 Å². The van der Waals surface area contributed by atoms with E-state index >= 15 is 0 Å². The number of carbonyl (C=O) groups excluding carboxylic acids is 1. The van der Waals surface area contributed by atoms with Gasteiger partial charge in [0, 0.05) is 13.6 Å². The standard InChI is InChI=1S/C16H21N3O2/c1-11(13-5-3-12(9-17)4-6-13)18-16(21)19(2)10-15(20)14-7-8-14/h3-6,11,14-15,20H,7-8,10H2,1-2H3,(H,18,21). The molecule has 21 heavy (non-hydrogen) atoms. The molecule has 112 valence electrons. The van der Waals surface area contributed by atoms with Gasteiger partial charge in [0.05, 0.1) is 23.8 Å². The van der Waals surface area contributed by atoms with E-state index in [2.05, 4.69) is 11.4 Å². The molecule has 1 aliphatic carbocycles. The number of urea groups is 1. The summed E-state index contributed by atoms with van der Waals surface area (Å²) in [6.07, 6.45) is 1.68. The topological polar surface area (TPSA) is 76.4 Å². The van der Waals surface area contributed by atoms with Crippen LogP contribution in [0, 0.1) is 17.2 Å². The lowest BCUT2D eigenvalue weighted by molar-refractivity contribution is 0.113. The fraction of sp³-hybridized carbons (Fsp3) is 0.500. The molecule has 1 aliphatic rings. The second-order valence-electron chi connectivity index (χ2n) is 5.69. The zero-order valence-corrected chi connectivity index (χ0v) is 12.4. The summed E-state index contributed by atoms with van der Waals surface area (Å²) in [7, 11) is 1.69. The normalized spacial score (nSPS) is 16.7. The van der Waals surface area contributed by atoms with Crippen LogP contribution in [0.3, 0.4) is 0 Å². The summed E-state index contributed by atoms with van der Waals surface area (Å²) in [5, 5.41) is 21.5. The number of aliphatic hydroxyl groups excluding tert-OH is 1. The molecular weight excluding hydrogens is 266 g/mol. The number of rotatable bonds is 5. The number of nitriles is 1. The summed E-state index contributed by atoms with van der Waals surface area (Å²) in [5.41, 5.74) is 1.54. The molecule has 0 radical (unpaired) electrons. The lowest BCUT2D eigenvalue weighted by Crippen LogP contribution is -2.42. The number of nitrogens with zero attached hydrogens (tertiary/aromatic N) is 2. The smallest absolute Gasteiger partial charge is 0.317 e. The van der Waals surface area contributed by atoms with E-state index in [1.807, 2.05) is 19.1 Å². The van der Waals surface area contributed by atoms with E-state index in [0.29, 0.717) is 18.0 Å². The minimum atomic E-state index is -0.425. The van der Waals surface area contributed by atoms with Crippen LogP contribution in [0.1, 0.15) is 36.9 Å². The van der Waals surface area contributed by atoms with Crippen molar-refractivity contribution in [2.45, 2.75) is 31.9 Å². The van der Waals surface area contributed by atoms with Crippen molar-refractivity contribution in [2.75, 3.05) is 13.6 Å². The molecule has 0 heterocycles. The van der Waals surface area contributed by atoms with E-state index in [4.69, 9.17) is 5.26 Å². The number of aliphatic hydroxyl groups is 1. The zero-order valence-electron chi connectivity index (χ0n) is 12.4. The SMILES string of the molecule is CC(NC(=O)N(C)CC(O)C1CC1)c1ccc(C#N)cc1. The van der Waals surface area contributed by atoms with E-state index in [0.717, 1.165) is 18.4 Å². The molecule has 2 atom stereocenters. The molecular formula is C16H21N3O2. The molecule has 0 aliphatic heterocycles. The van der Waals surface area contributed by atoms with Crippen LogP contribution in [0.25, 0.3) is 0 Å². The zero-order chi connectivity index (χ0) is 15.4. The number of hydrogen-bond acceptors (Lipinski definition) is 3. The number of nitrogens with one attached hydrogen (secondary N) is 1. The Morgan fingerprint density at radius 1 is 1.48 bits per heavy atom. The molecule has 0 bridgehead atoms. The van der Waals surface area contributed by atoms with Crippen LogP contribution < -0.4 is 5.32 Å². The lowest BCUT2D eigenvalue weighted by Gasteiger charge is -2.23. The summed E-state index contributed by atoms with van der Waals surface area (Å²) in [6, 6.07) is 8.86. The molecule has 2 rings (SSSR count). The van der Waals surface area contributed by atoms with Gasteiger partial charge in [-0.1, -0.05) is 12.1 Å². The molecule has 0 spiro atoms. The van der Waals surface area contributed by atoms with Gasteiger partial charge in [0.2, 0.25) is 0 Å². The Bertz CT molecular complexity index is 531. The van der Waals surface area contributed by atoms with Crippen molar-refractivity contribution in [2.24, 2.45) is 5.92 Å². The summed E-state index contributed by atoms with van der Waals surface area (Å²) in [5.74, 6) is 0.358. The first-order valence-electron chi connectivity index (χ1n) is 7.21. The highest BCUT2D eigenvalue weighted by molar-refractivity contribution is 5.74. The number of amides is 2. The molecule has 1 fully saturated rings. The molecule has 2 amide bonds. The van der Waals surface area contributed by atoms with Gasteiger partial charge in [-0.15, -0.1) is 0 Å². The van der Waals surface area contributed by atoms with Gasteiger partial charge in [0.25, 0.3) is 0 Å². The molecule has 1 aromatic rings. The van der Waals surface area contributed by atoms with E-state index in [1.165, 1.54) is 4.90 Å². The number of hydrogen-bond donors (Lipinski definition) is 2. The molecule has 0 saturated heterocycles. The summed E-state index contributed by atoms with van der Waals surface area (Å²) < 4.78 is 0. The molecule has 1 saturated carbocycles. The van der Waals surface area contributed by atoms with Crippen molar-refractivity contribution in [3.05, 3.63) is 35.4 Å². The van der Waals surface area contributed by atoms with Gasteiger partial charge in [-0.3, -0.25) is 0 Å². The first-order valence-corrected chi connectivity index (χ1v) is 7.21. The third-order valence-electron chi connectivity index (χ3n) is 3.85. The first-order chi connectivity index (χ1) is 10.0. The van der Waals surface area contributed by atoms with Gasteiger partial charge in [-0.25, -0.2) is 4.79 Å². The summed E-state index contributed by atoms with van der Waals surface area (Å²) >= 11 is 0. The van der Waals surface area contributed by atoms with Crippen LogP contribution in [0.15, 0.2) is 24.3 Å². The number of likely N-dealkylation sites (N-methyl/N-ethyl adjacent to an activating group) is 1. The van der Waals surface area contributed by atoms with Gasteiger partial charge in [-0.05, 0) is 43.4 Å². The predicted molar refractivity (Wildman–Crippen MR) is 79.5 cm³/mol. The third kappa shape index (κ3) is 4.20. The molecule has 0 aromatic heterocycles. The van der Waals surface area contributed by atoms with Gasteiger partial charge in [0.1, 0.15) is 0 Å². The Labute approximate surface area is 125 Å². The minimum absolute atomic E-state index is 0.147. The fourth-order valence-corrected chi connectivity index (χ4v) is 2.22.